The third-order valence-electron chi connectivity index (χ3n) is 2.81. The first-order valence-corrected chi connectivity index (χ1v) is 5.08. The second-order valence-electron chi connectivity index (χ2n) is 3.47. The molecule has 0 aromatic carbocycles. The fraction of sp³-hybridized carbons (Fsp3) is 0.818. The lowest BCUT2D eigenvalue weighted by Gasteiger charge is -2.07. The monoisotopic (exact) mass is 152 g/mol. The highest BCUT2D eigenvalue weighted by Crippen LogP contribution is 2.27. The second-order valence-corrected chi connectivity index (χ2v) is 3.47. The van der Waals surface area contributed by atoms with Crippen LogP contribution in [-0.2, 0) is 0 Å². The van der Waals surface area contributed by atoms with Gasteiger partial charge in [-0.2, -0.15) is 0 Å². The Hall–Kier alpha value is -0.260. The summed E-state index contributed by atoms with van der Waals surface area (Å²) in [4.78, 5) is 0. The van der Waals surface area contributed by atoms with E-state index < -0.39 is 0 Å². The SMILES string of the molecule is CCC1=C(CC)CCCCC1. The van der Waals surface area contributed by atoms with Crippen LogP contribution >= 0.6 is 0 Å². The lowest BCUT2D eigenvalue weighted by molar-refractivity contribution is 0.699. The molecule has 0 fully saturated rings. The number of rotatable bonds is 2. The van der Waals surface area contributed by atoms with E-state index >= 15 is 0 Å². The van der Waals surface area contributed by atoms with Crippen LogP contribution in [0.5, 0.6) is 0 Å². The molecule has 64 valence electrons. The van der Waals surface area contributed by atoms with Gasteiger partial charge in [0.2, 0.25) is 0 Å². The normalized spacial score (nSPS) is 20.2. The lowest BCUT2D eigenvalue weighted by Crippen LogP contribution is -1.87. The molecule has 0 N–H and O–H groups in total. The van der Waals surface area contributed by atoms with E-state index in [1.54, 1.807) is 11.1 Å². The van der Waals surface area contributed by atoms with Crippen LogP contribution in [0.2, 0.25) is 0 Å². The Morgan fingerprint density at radius 1 is 0.818 bits per heavy atom. The molecule has 0 radical (unpaired) electrons. The molecular formula is C11H20. The van der Waals surface area contributed by atoms with E-state index in [1.807, 2.05) is 0 Å². The van der Waals surface area contributed by atoms with Gasteiger partial charge in [-0.15, -0.1) is 0 Å². The van der Waals surface area contributed by atoms with Crippen LogP contribution in [0.15, 0.2) is 11.1 Å². The van der Waals surface area contributed by atoms with Crippen molar-refractivity contribution in [1.82, 2.24) is 0 Å². The van der Waals surface area contributed by atoms with Crippen molar-refractivity contribution in [2.75, 3.05) is 0 Å². The highest BCUT2D eigenvalue weighted by molar-refractivity contribution is 5.14. The first-order chi connectivity index (χ1) is 5.38. The quantitative estimate of drug-likeness (QED) is 0.523. The van der Waals surface area contributed by atoms with E-state index in [4.69, 9.17) is 0 Å². The summed E-state index contributed by atoms with van der Waals surface area (Å²) in [5, 5.41) is 0. The highest BCUT2D eigenvalue weighted by atomic mass is 14.1. The molecule has 1 rings (SSSR count). The van der Waals surface area contributed by atoms with Crippen molar-refractivity contribution in [1.29, 1.82) is 0 Å². The first kappa shape index (κ1) is 8.83. The Bertz CT molecular complexity index is 126. The van der Waals surface area contributed by atoms with Crippen molar-refractivity contribution in [2.24, 2.45) is 0 Å². The maximum absolute atomic E-state index is 2.30. The predicted molar refractivity (Wildman–Crippen MR) is 50.7 cm³/mol. The van der Waals surface area contributed by atoms with Crippen LogP contribution < -0.4 is 0 Å². The van der Waals surface area contributed by atoms with Crippen molar-refractivity contribution in [3.63, 3.8) is 0 Å². The Kier molecular flexibility index (Phi) is 3.68. The van der Waals surface area contributed by atoms with Gasteiger partial charge in [0.1, 0.15) is 0 Å². The molecule has 0 saturated heterocycles. The molecule has 0 aliphatic heterocycles. The summed E-state index contributed by atoms with van der Waals surface area (Å²) in [7, 11) is 0. The number of hydrogen-bond donors (Lipinski definition) is 0. The minimum Gasteiger partial charge on any atom is -0.0713 e. The molecule has 1 aliphatic carbocycles. The molecule has 0 amide bonds. The summed E-state index contributed by atoms with van der Waals surface area (Å²) in [6.45, 7) is 4.60. The smallest absolute Gasteiger partial charge is 0.0318 e. The minimum absolute atomic E-state index is 1.29. The van der Waals surface area contributed by atoms with Crippen LogP contribution in [0, 0.1) is 0 Å². The van der Waals surface area contributed by atoms with Gasteiger partial charge in [-0.3, -0.25) is 0 Å². The Labute approximate surface area is 70.7 Å². The third kappa shape index (κ3) is 2.36. The van der Waals surface area contributed by atoms with E-state index in [2.05, 4.69) is 13.8 Å². The molecule has 0 heterocycles. The fourth-order valence-electron chi connectivity index (χ4n) is 2.06. The number of hydrogen-bond acceptors (Lipinski definition) is 0. The van der Waals surface area contributed by atoms with Crippen molar-refractivity contribution in [3.05, 3.63) is 11.1 Å². The molecule has 0 unspecified atom stereocenters. The average molecular weight is 152 g/mol. The van der Waals surface area contributed by atoms with Gasteiger partial charge >= 0.3 is 0 Å². The van der Waals surface area contributed by atoms with E-state index in [1.165, 1.54) is 44.9 Å². The maximum Gasteiger partial charge on any atom is -0.0318 e. The summed E-state index contributed by atoms with van der Waals surface area (Å²) >= 11 is 0. The molecule has 1 aliphatic rings. The summed E-state index contributed by atoms with van der Waals surface area (Å²) in [5.74, 6) is 0. The third-order valence-corrected chi connectivity index (χ3v) is 2.81. The van der Waals surface area contributed by atoms with E-state index in [-0.39, 0.29) is 0 Å². The van der Waals surface area contributed by atoms with Crippen LogP contribution in [0.25, 0.3) is 0 Å². The van der Waals surface area contributed by atoms with Crippen LogP contribution in [0.1, 0.15) is 58.8 Å². The molecule has 0 bridgehead atoms. The fourth-order valence-corrected chi connectivity index (χ4v) is 2.06. The van der Waals surface area contributed by atoms with Crippen molar-refractivity contribution in [2.45, 2.75) is 58.8 Å². The van der Waals surface area contributed by atoms with Gasteiger partial charge in [-0.1, -0.05) is 31.4 Å². The zero-order valence-electron chi connectivity index (χ0n) is 7.95. The van der Waals surface area contributed by atoms with Gasteiger partial charge in [0.05, 0.1) is 0 Å². The van der Waals surface area contributed by atoms with Gasteiger partial charge in [0.25, 0.3) is 0 Å². The standard InChI is InChI=1S/C11H20/c1-3-10-8-6-5-7-9-11(10)4-2/h3-9H2,1-2H3. The summed E-state index contributed by atoms with van der Waals surface area (Å²) < 4.78 is 0. The van der Waals surface area contributed by atoms with Gasteiger partial charge < -0.3 is 0 Å². The maximum atomic E-state index is 2.30. The van der Waals surface area contributed by atoms with E-state index in [0.29, 0.717) is 0 Å². The summed E-state index contributed by atoms with van der Waals surface area (Å²) in [6.07, 6.45) is 9.69. The van der Waals surface area contributed by atoms with Gasteiger partial charge in [0.15, 0.2) is 0 Å². The molecule has 0 heteroatoms. The van der Waals surface area contributed by atoms with Crippen molar-refractivity contribution < 1.29 is 0 Å². The molecule has 11 heavy (non-hydrogen) atoms. The van der Waals surface area contributed by atoms with Gasteiger partial charge in [0, 0.05) is 0 Å². The zero-order valence-corrected chi connectivity index (χ0v) is 7.95. The Balaban J connectivity index is 2.64. The Morgan fingerprint density at radius 2 is 1.27 bits per heavy atom. The average Bonchev–Trinajstić information content (AvgIpc) is 2.27. The molecule has 0 spiro atoms. The number of allylic oxidation sites excluding steroid dienone is 2. The van der Waals surface area contributed by atoms with Crippen LogP contribution in [0.4, 0.5) is 0 Å². The molecule has 0 aromatic rings. The topological polar surface area (TPSA) is 0 Å². The van der Waals surface area contributed by atoms with Gasteiger partial charge in [-0.05, 0) is 38.5 Å². The predicted octanol–water partition coefficient (Wildman–Crippen LogP) is 4.07. The van der Waals surface area contributed by atoms with Crippen LogP contribution in [-0.4, -0.2) is 0 Å². The first-order valence-electron chi connectivity index (χ1n) is 5.08. The minimum atomic E-state index is 1.29. The Morgan fingerprint density at radius 3 is 1.64 bits per heavy atom. The van der Waals surface area contributed by atoms with E-state index in [9.17, 15) is 0 Å². The van der Waals surface area contributed by atoms with Gasteiger partial charge in [-0.25, -0.2) is 0 Å². The molecule has 0 aromatic heterocycles. The molecule has 0 atom stereocenters. The van der Waals surface area contributed by atoms with Crippen molar-refractivity contribution >= 4 is 0 Å². The molecule has 0 saturated carbocycles. The zero-order chi connectivity index (χ0) is 8.10. The molecular weight excluding hydrogens is 132 g/mol. The van der Waals surface area contributed by atoms with E-state index in [0.717, 1.165) is 0 Å². The summed E-state index contributed by atoms with van der Waals surface area (Å²) in [5.41, 5.74) is 3.54. The molecule has 0 nitrogen and oxygen atoms in total. The lowest BCUT2D eigenvalue weighted by atomic mass is 9.99. The van der Waals surface area contributed by atoms with Crippen LogP contribution in [0.3, 0.4) is 0 Å². The highest BCUT2D eigenvalue weighted by Gasteiger charge is 2.07. The van der Waals surface area contributed by atoms with Crippen molar-refractivity contribution in [3.8, 4) is 0 Å². The second kappa shape index (κ2) is 4.58. The summed E-state index contributed by atoms with van der Waals surface area (Å²) in [6, 6.07) is 0. The largest absolute Gasteiger partial charge is 0.0713 e.